The van der Waals surface area contributed by atoms with Crippen molar-refractivity contribution in [2.45, 2.75) is 37.8 Å². The van der Waals surface area contributed by atoms with E-state index in [4.69, 9.17) is 0 Å². The molecule has 1 atom stereocenters. The second kappa shape index (κ2) is 6.29. The third-order valence-corrected chi connectivity index (χ3v) is 4.69. The molecule has 0 fully saturated rings. The van der Waals surface area contributed by atoms with Gasteiger partial charge >= 0.3 is 6.18 Å². The topological polar surface area (TPSA) is 40.6 Å². The van der Waals surface area contributed by atoms with Crippen LogP contribution in [0, 0.1) is 0 Å². The van der Waals surface area contributed by atoms with Gasteiger partial charge in [-0.15, -0.1) is 0 Å². The zero-order chi connectivity index (χ0) is 18.4. The number of hydrogen-bond acceptors (Lipinski definition) is 3. The average molecular weight is 352 g/mol. The fraction of sp³-hybridized carbons (Fsp3) is 0.444. The largest absolute Gasteiger partial charge is 0.416 e. The Morgan fingerprint density at radius 3 is 2.28 bits per heavy atom. The maximum Gasteiger partial charge on any atom is 0.416 e. The summed E-state index contributed by atoms with van der Waals surface area (Å²) in [5.41, 5.74) is 1.08. The summed E-state index contributed by atoms with van der Waals surface area (Å²) in [6.45, 7) is 0. The van der Waals surface area contributed by atoms with Crippen LogP contribution >= 0.6 is 0 Å². The van der Waals surface area contributed by atoms with Gasteiger partial charge in [-0.05, 0) is 30.5 Å². The van der Waals surface area contributed by atoms with Crippen LogP contribution in [0.15, 0.2) is 35.5 Å². The molecule has 1 aromatic rings. The number of amides is 1. The Hall–Kier alpha value is -2.15. The first kappa shape index (κ1) is 17.7. The van der Waals surface area contributed by atoms with Gasteiger partial charge in [0.25, 0.3) is 0 Å². The van der Waals surface area contributed by atoms with E-state index in [1.165, 1.54) is 17.1 Å². The Kier molecular flexibility index (Phi) is 4.45. The number of alkyl halides is 3. The van der Waals surface area contributed by atoms with E-state index in [1.54, 1.807) is 19.1 Å². The molecule has 4 nitrogen and oxygen atoms in total. The van der Waals surface area contributed by atoms with E-state index < -0.39 is 17.7 Å². The molecule has 2 aliphatic rings. The molecule has 0 spiro atoms. The number of nitrogens with zero attached hydrogens (tertiary/aromatic N) is 2. The van der Waals surface area contributed by atoms with Crippen molar-refractivity contribution in [1.29, 1.82) is 0 Å². The number of allylic oxidation sites excluding steroid dienone is 2. The van der Waals surface area contributed by atoms with Gasteiger partial charge in [-0.2, -0.15) is 13.2 Å². The van der Waals surface area contributed by atoms with Crippen LogP contribution in [0.5, 0.6) is 0 Å². The Morgan fingerprint density at radius 1 is 1.08 bits per heavy atom. The summed E-state index contributed by atoms with van der Waals surface area (Å²) >= 11 is 0. The summed E-state index contributed by atoms with van der Waals surface area (Å²) in [6, 6.07) is 4.76. The van der Waals surface area contributed by atoms with Crippen LogP contribution in [0.25, 0.3) is 0 Å². The lowest BCUT2D eigenvalue weighted by Crippen LogP contribution is -2.47. The van der Waals surface area contributed by atoms with Gasteiger partial charge in [0.05, 0.1) is 5.56 Å². The second-order valence-electron chi connectivity index (χ2n) is 6.57. The summed E-state index contributed by atoms with van der Waals surface area (Å²) in [5.74, 6) is -0.650. The first-order chi connectivity index (χ1) is 11.7. The lowest BCUT2D eigenvalue weighted by Gasteiger charge is -2.41. The fourth-order valence-electron chi connectivity index (χ4n) is 3.63. The highest BCUT2D eigenvalue weighted by atomic mass is 19.4. The third kappa shape index (κ3) is 3.20. The number of hydrogen-bond donors (Lipinski definition) is 0. The number of hydrazine groups is 1. The number of carbonyl (C=O) groups is 2. The van der Waals surface area contributed by atoms with Crippen LogP contribution in [0.4, 0.5) is 13.2 Å². The molecular formula is C18H19F3N2O2. The number of halogens is 3. The highest BCUT2D eigenvalue weighted by Gasteiger charge is 2.40. The summed E-state index contributed by atoms with van der Waals surface area (Å²) < 4.78 is 38.3. The van der Waals surface area contributed by atoms with Gasteiger partial charge in [0.15, 0.2) is 5.78 Å². The molecule has 0 saturated heterocycles. The van der Waals surface area contributed by atoms with Crippen LogP contribution in [0.1, 0.15) is 42.7 Å². The summed E-state index contributed by atoms with van der Waals surface area (Å²) in [7, 11) is 3.47. The minimum Gasteiger partial charge on any atom is -0.294 e. The first-order valence-electron chi connectivity index (χ1n) is 8.13. The van der Waals surface area contributed by atoms with Gasteiger partial charge in [-0.1, -0.05) is 12.1 Å². The summed E-state index contributed by atoms with van der Waals surface area (Å²) in [6.07, 6.45) is -2.63. The summed E-state index contributed by atoms with van der Waals surface area (Å²) in [5, 5.41) is 3.17. The SMILES string of the molecule is CN(C)N1C(=O)CC(c2ccc(C(F)(F)F)cc2)C2=C1CCCC2=O. The minimum absolute atomic E-state index is 0.0227. The minimum atomic E-state index is -4.41. The molecular weight excluding hydrogens is 333 g/mol. The molecule has 0 N–H and O–H groups in total. The molecule has 134 valence electrons. The molecule has 0 bridgehead atoms. The predicted octanol–water partition coefficient (Wildman–Crippen LogP) is 3.51. The normalized spacial score (nSPS) is 21.8. The van der Waals surface area contributed by atoms with E-state index in [1.807, 2.05) is 0 Å². The van der Waals surface area contributed by atoms with Crippen molar-refractivity contribution in [3.63, 3.8) is 0 Å². The molecule has 0 aromatic heterocycles. The smallest absolute Gasteiger partial charge is 0.294 e. The van der Waals surface area contributed by atoms with Crippen molar-refractivity contribution in [3.8, 4) is 0 Å². The highest BCUT2D eigenvalue weighted by Crippen LogP contribution is 2.42. The molecule has 1 unspecified atom stereocenters. The van der Waals surface area contributed by atoms with Crippen LogP contribution in [0.3, 0.4) is 0 Å². The number of carbonyl (C=O) groups excluding carboxylic acids is 2. The molecule has 1 heterocycles. The van der Waals surface area contributed by atoms with Crippen LogP contribution < -0.4 is 0 Å². The van der Waals surface area contributed by atoms with Crippen molar-refractivity contribution in [3.05, 3.63) is 46.7 Å². The Balaban J connectivity index is 2.05. The van der Waals surface area contributed by atoms with E-state index in [0.29, 0.717) is 36.1 Å². The first-order valence-corrected chi connectivity index (χ1v) is 8.13. The maximum atomic E-state index is 12.8. The fourth-order valence-corrected chi connectivity index (χ4v) is 3.63. The van der Waals surface area contributed by atoms with Gasteiger partial charge in [0.2, 0.25) is 5.91 Å². The van der Waals surface area contributed by atoms with E-state index >= 15 is 0 Å². The van der Waals surface area contributed by atoms with E-state index in [2.05, 4.69) is 0 Å². The molecule has 0 radical (unpaired) electrons. The average Bonchev–Trinajstić information content (AvgIpc) is 2.53. The lowest BCUT2D eigenvalue weighted by molar-refractivity contribution is -0.143. The third-order valence-electron chi connectivity index (χ3n) is 4.69. The highest BCUT2D eigenvalue weighted by molar-refractivity contribution is 6.01. The Labute approximate surface area is 143 Å². The zero-order valence-electron chi connectivity index (χ0n) is 14.1. The monoisotopic (exact) mass is 352 g/mol. The second-order valence-corrected chi connectivity index (χ2v) is 6.57. The zero-order valence-corrected chi connectivity index (χ0v) is 14.1. The molecule has 3 rings (SSSR count). The molecule has 1 aromatic carbocycles. The van der Waals surface area contributed by atoms with Gasteiger partial charge in [-0.25, -0.2) is 10.0 Å². The van der Waals surface area contributed by atoms with E-state index in [9.17, 15) is 22.8 Å². The standard InChI is InChI=1S/C18H19F3N2O2/c1-22(2)23-14-4-3-5-15(24)17(14)13(10-16(23)25)11-6-8-12(9-7-11)18(19,20)21/h6-9,13H,3-5,10H2,1-2H3. The maximum absolute atomic E-state index is 12.8. The number of Topliss-reactive ketones (excluding diaryl/α,β-unsaturated/α-hetero) is 1. The molecule has 25 heavy (non-hydrogen) atoms. The quantitative estimate of drug-likeness (QED) is 0.818. The number of benzene rings is 1. The van der Waals surface area contributed by atoms with Gasteiger partial charge < -0.3 is 0 Å². The lowest BCUT2D eigenvalue weighted by atomic mass is 9.77. The predicted molar refractivity (Wildman–Crippen MR) is 85.2 cm³/mol. The molecule has 7 heteroatoms. The van der Waals surface area contributed by atoms with Crippen LogP contribution in [0.2, 0.25) is 0 Å². The van der Waals surface area contributed by atoms with Crippen molar-refractivity contribution in [2.24, 2.45) is 0 Å². The Morgan fingerprint density at radius 2 is 1.72 bits per heavy atom. The Bertz CT molecular complexity index is 736. The van der Waals surface area contributed by atoms with Gasteiger partial charge in [0, 0.05) is 44.1 Å². The molecule has 1 aliphatic carbocycles. The van der Waals surface area contributed by atoms with Crippen molar-refractivity contribution in [2.75, 3.05) is 14.1 Å². The molecule has 1 amide bonds. The number of rotatable bonds is 2. The van der Waals surface area contributed by atoms with Crippen molar-refractivity contribution >= 4 is 11.7 Å². The van der Waals surface area contributed by atoms with Crippen LogP contribution in [-0.2, 0) is 15.8 Å². The van der Waals surface area contributed by atoms with E-state index in [0.717, 1.165) is 12.1 Å². The van der Waals surface area contributed by atoms with Crippen LogP contribution in [-0.4, -0.2) is 35.8 Å². The van der Waals surface area contributed by atoms with Gasteiger partial charge in [-0.3, -0.25) is 9.59 Å². The summed E-state index contributed by atoms with van der Waals surface area (Å²) in [4.78, 5) is 25.1. The van der Waals surface area contributed by atoms with Crippen molar-refractivity contribution < 1.29 is 22.8 Å². The van der Waals surface area contributed by atoms with Gasteiger partial charge in [0.1, 0.15) is 0 Å². The molecule has 0 saturated carbocycles. The van der Waals surface area contributed by atoms with E-state index in [-0.39, 0.29) is 18.1 Å². The number of ketones is 1. The van der Waals surface area contributed by atoms with Crippen molar-refractivity contribution in [1.82, 2.24) is 10.0 Å². The molecule has 1 aliphatic heterocycles.